The average molecular weight is 259 g/mol. The highest BCUT2D eigenvalue weighted by atomic mass is 15.3. The van der Waals surface area contributed by atoms with E-state index in [4.69, 9.17) is 5.73 Å². The van der Waals surface area contributed by atoms with Crippen LogP contribution in [0.3, 0.4) is 0 Å². The number of rotatable bonds is 4. The van der Waals surface area contributed by atoms with E-state index in [0.29, 0.717) is 0 Å². The molecule has 1 aromatic rings. The molecular formula is C16H25N3. The van der Waals surface area contributed by atoms with E-state index in [0.717, 1.165) is 25.6 Å². The predicted molar refractivity (Wildman–Crippen MR) is 79.1 cm³/mol. The van der Waals surface area contributed by atoms with Crippen molar-refractivity contribution in [3.8, 4) is 0 Å². The maximum absolute atomic E-state index is 5.58. The second-order valence-electron chi connectivity index (χ2n) is 5.92. The first-order chi connectivity index (χ1) is 9.35. The number of nitrogens with two attached hydrogens (primary N) is 1. The van der Waals surface area contributed by atoms with Gasteiger partial charge in [0.25, 0.3) is 0 Å². The van der Waals surface area contributed by atoms with Crippen LogP contribution in [0.5, 0.6) is 0 Å². The Morgan fingerprint density at radius 2 is 1.84 bits per heavy atom. The van der Waals surface area contributed by atoms with Crippen molar-refractivity contribution in [1.29, 1.82) is 0 Å². The van der Waals surface area contributed by atoms with Crippen LogP contribution in [-0.4, -0.2) is 48.6 Å². The van der Waals surface area contributed by atoms with Gasteiger partial charge in [0.05, 0.1) is 0 Å². The van der Waals surface area contributed by atoms with Crippen LogP contribution in [0.1, 0.15) is 24.0 Å². The van der Waals surface area contributed by atoms with Crippen molar-refractivity contribution in [2.75, 3.05) is 32.7 Å². The lowest BCUT2D eigenvalue weighted by atomic mass is 10.1. The molecule has 104 valence electrons. The Labute approximate surface area is 116 Å². The molecule has 0 aromatic heterocycles. The highest BCUT2D eigenvalue weighted by Gasteiger charge is 2.30. The molecule has 19 heavy (non-hydrogen) atoms. The summed E-state index contributed by atoms with van der Waals surface area (Å²) < 4.78 is 0. The van der Waals surface area contributed by atoms with E-state index >= 15 is 0 Å². The van der Waals surface area contributed by atoms with Crippen LogP contribution < -0.4 is 5.73 Å². The molecular weight excluding hydrogens is 234 g/mol. The van der Waals surface area contributed by atoms with E-state index in [1.807, 2.05) is 0 Å². The van der Waals surface area contributed by atoms with E-state index in [-0.39, 0.29) is 0 Å². The number of benzene rings is 1. The lowest BCUT2D eigenvalue weighted by Gasteiger charge is -2.37. The molecule has 2 aliphatic heterocycles. The van der Waals surface area contributed by atoms with Crippen LogP contribution in [0.25, 0.3) is 0 Å². The molecule has 2 heterocycles. The molecule has 0 amide bonds. The van der Waals surface area contributed by atoms with Crippen molar-refractivity contribution in [2.24, 2.45) is 5.73 Å². The normalized spacial score (nSPS) is 24.6. The van der Waals surface area contributed by atoms with E-state index < -0.39 is 0 Å². The van der Waals surface area contributed by atoms with Crippen LogP contribution in [-0.2, 0) is 13.0 Å². The predicted octanol–water partition coefficient (Wildman–Crippen LogP) is 1.47. The number of nitrogens with zero attached hydrogens (tertiary/aromatic N) is 2. The summed E-state index contributed by atoms with van der Waals surface area (Å²) in [6.45, 7) is 6.91. The highest BCUT2D eigenvalue weighted by molar-refractivity contribution is 5.22. The van der Waals surface area contributed by atoms with Crippen molar-refractivity contribution in [1.82, 2.24) is 9.80 Å². The van der Waals surface area contributed by atoms with Gasteiger partial charge in [-0.2, -0.15) is 0 Å². The Balaban J connectivity index is 1.56. The largest absolute Gasteiger partial charge is 0.330 e. The molecule has 0 bridgehead atoms. The topological polar surface area (TPSA) is 32.5 Å². The fourth-order valence-corrected chi connectivity index (χ4v) is 3.44. The summed E-state index contributed by atoms with van der Waals surface area (Å²) in [5, 5.41) is 0. The fourth-order valence-electron chi connectivity index (χ4n) is 3.44. The maximum atomic E-state index is 5.58. The van der Waals surface area contributed by atoms with Gasteiger partial charge in [-0.15, -0.1) is 0 Å². The number of piperazine rings is 1. The van der Waals surface area contributed by atoms with Gasteiger partial charge in [-0.3, -0.25) is 9.80 Å². The summed E-state index contributed by atoms with van der Waals surface area (Å²) in [4.78, 5) is 5.28. The summed E-state index contributed by atoms with van der Waals surface area (Å²) in [7, 11) is 0. The first-order valence-electron chi connectivity index (χ1n) is 7.59. The number of hydrogen-bond donors (Lipinski definition) is 1. The summed E-state index contributed by atoms with van der Waals surface area (Å²) in [6.07, 6.45) is 3.78. The van der Waals surface area contributed by atoms with Gasteiger partial charge in [0.15, 0.2) is 0 Å². The monoisotopic (exact) mass is 259 g/mol. The van der Waals surface area contributed by atoms with Gasteiger partial charge in [0, 0.05) is 32.2 Å². The first-order valence-corrected chi connectivity index (χ1v) is 7.59. The summed E-state index contributed by atoms with van der Waals surface area (Å²) in [6, 6.07) is 9.82. The van der Waals surface area contributed by atoms with E-state index in [9.17, 15) is 0 Å². The quantitative estimate of drug-likeness (QED) is 0.889. The third kappa shape index (κ3) is 3.16. The molecule has 2 aliphatic rings. The highest BCUT2D eigenvalue weighted by Crippen LogP contribution is 2.22. The van der Waals surface area contributed by atoms with Crippen LogP contribution in [0.4, 0.5) is 0 Å². The zero-order chi connectivity index (χ0) is 13.1. The molecule has 1 aromatic carbocycles. The number of fused-ring (bicyclic) bond motifs is 1. The zero-order valence-electron chi connectivity index (χ0n) is 11.7. The molecule has 2 fully saturated rings. The lowest BCUT2D eigenvalue weighted by molar-refractivity contribution is 0.0994. The molecule has 0 spiro atoms. The van der Waals surface area contributed by atoms with Gasteiger partial charge in [-0.05, 0) is 43.5 Å². The van der Waals surface area contributed by atoms with Crippen LogP contribution in [0.2, 0.25) is 0 Å². The molecule has 1 atom stereocenters. The van der Waals surface area contributed by atoms with E-state index in [1.165, 1.54) is 50.1 Å². The Hall–Kier alpha value is -0.900. The second kappa shape index (κ2) is 6.04. The molecule has 3 heteroatoms. The molecule has 0 radical (unpaired) electrons. The Morgan fingerprint density at radius 1 is 1.05 bits per heavy atom. The number of hydrogen-bond acceptors (Lipinski definition) is 3. The molecule has 3 nitrogen and oxygen atoms in total. The van der Waals surface area contributed by atoms with Gasteiger partial charge >= 0.3 is 0 Å². The molecule has 2 N–H and O–H groups in total. The van der Waals surface area contributed by atoms with E-state index in [2.05, 4.69) is 34.1 Å². The fraction of sp³-hybridized carbons (Fsp3) is 0.625. The maximum Gasteiger partial charge on any atom is 0.0234 e. The van der Waals surface area contributed by atoms with Crippen LogP contribution in [0.15, 0.2) is 24.3 Å². The Kier molecular flexibility index (Phi) is 4.16. The van der Waals surface area contributed by atoms with Gasteiger partial charge < -0.3 is 5.73 Å². The van der Waals surface area contributed by atoms with Crippen molar-refractivity contribution in [3.05, 3.63) is 35.4 Å². The lowest BCUT2D eigenvalue weighted by Crippen LogP contribution is -2.49. The van der Waals surface area contributed by atoms with Gasteiger partial charge in [0.1, 0.15) is 0 Å². The third-order valence-corrected chi connectivity index (χ3v) is 4.53. The van der Waals surface area contributed by atoms with E-state index in [1.54, 1.807) is 0 Å². The summed E-state index contributed by atoms with van der Waals surface area (Å²) in [5.41, 5.74) is 8.38. The standard InChI is InChI=1S/C16H25N3/c17-8-7-14-3-5-15(6-4-14)12-18-10-11-19-9-1-2-16(19)13-18/h3-6,16H,1-2,7-13,17H2. The van der Waals surface area contributed by atoms with Crippen molar-refractivity contribution in [2.45, 2.75) is 31.8 Å². The average Bonchev–Trinajstić information content (AvgIpc) is 2.89. The second-order valence-corrected chi connectivity index (χ2v) is 5.92. The molecule has 0 aliphatic carbocycles. The van der Waals surface area contributed by atoms with Crippen molar-refractivity contribution in [3.63, 3.8) is 0 Å². The minimum absolute atomic E-state index is 0.739. The van der Waals surface area contributed by atoms with Gasteiger partial charge in [-0.1, -0.05) is 24.3 Å². The first kappa shape index (κ1) is 13.1. The Morgan fingerprint density at radius 3 is 2.63 bits per heavy atom. The van der Waals surface area contributed by atoms with Crippen LogP contribution in [0, 0.1) is 0 Å². The minimum Gasteiger partial charge on any atom is -0.330 e. The van der Waals surface area contributed by atoms with Crippen molar-refractivity contribution < 1.29 is 0 Å². The molecule has 1 unspecified atom stereocenters. The van der Waals surface area contributed by atoms with Gasteiger partial charge in [0.2, 0.25) is 0 Å². The zero-order valence-corrected chi connectivity index (χ0v) is 11.7. The van der Waals surface area contributed by atoms with Crippen LogP contribution >= 0.6 is 0 Å². The SMILES string of the molecule is NCCc1ccc(CN2CCN3CCCC3C2)cc1. The minimum atomic E-state index is 0.739. The molecule has 0 saturated carbocycles. The van der Waals surface area contributed by atoms with Crippen molar-refractivity contribution >= 4 is 0 Å². The summed E-state index contributed by atoms with van der Waals surface area (Å²) in [5.74, 6) is 0. The smallest absolute Gasteiger partial charge is 0.0234 e. The Bertz CT molecular complexity index is 401. The molecule has 2 saturated heterocycles. The third-order valence-electron chi connectivity index (χ3n) is 4.53. The summed E-state index contributed by atoms with van der Waals surface area (Å²) >= 11 is 0. The van der Waals surface area contributed by atoms with Gasteiger partial charge in [-0.25, -0.2) is 0 Å². The molecule has 3 rings (SSSR count).